The minimum Gasteiger partial charge on any atom is -0.497 e. The monoisotopic (exact) mass is 486 g/mol. The van der Waals surface area contributed by atoms with Crippen molar-refractivity contribution in [2.24, 2.45) is 5.92 Å². The summed E-state index contributed by atoms with van der Waals surface area (Å²) in [5.41, 5.74) is 0.963. The highest BCUT2D eigenvalue weighted by molar-refractivity contribution is 5.90. The normalized spacial score (nSPS) is 23.6. The summed E-state index contributed by atoms with van der Waals surface area (Å²) in [7, 11) is 1.62. The van der Waals surface area contributed by atoms with Crippen LogP contribution in [0.15, 0.2) is 24.3 Å². The van der Waals surface area contributed by atoms with Gasteiger partial charge < -0.3 is 24.2 Å². The van der Waals surface area contributed by atoms with Crippen LogP contribution in [0.2, 0.25) is 0 Å². The molecule has 1 aromatic rings. The molecule has 0 N–H and O–H groups in total. The fraction of sp³-hybridized carbons (Fsp3) is 0.654. The van der Waals surface area contributed by atoms with Crippen molar-refractivity contribution in [3.8, 4) is 5.75 Å². The molecular weight excluding hydrogens is 448 g/mol. The molecule has 9 heteroatoms. The van der Waals surface area contributed by atoms with Gasteiger partial charge in [-0.1, -0.05) is 25.5 Å². The molecule has 0 spiro atoms. The number of benzene rings is 1. The Morgan fingerprint density at radius 1 is 1.00 bits per heavy atom. The molecule has 4 rings (SSSR count). The van der Waals surface area contributed by atoms with E-state index in [9.17, 15) is 14.4 Å². The number of ether oxygens (including phenoxy) is 2. The maximum Gasteiger partial charge on any atom is 0.236 e. The van der Waals surface area contributed by atoms with Crippen molar-refractivity contribution < 1.29 is 23.9 Å². The molecule has 0 aromatic heterocycles. The van der Waals surface area contributed by atoms with Gasteiger partial charge in [-0.2, -0.15) is 0 Å². The fourth-order valence-corrected chi connectivity index (χ4v) is 5.28. The first-order valence-electron chi connectivity index (χ1n) is 12.8. The van der Waals surface area contributed by atoms with Crippen molar-refractivity contribution in [3.05, 3.63) is 29.8 Å². The van der Waals surface area contributed by atoms with E-state index in [4.69, 9.17) is 9.47 Å². The Hall–Kier alpha value is -2.65. The van der Waals surface area contributed by atoms with Gasteiger partial charge in [-0.3, -0.25) is 19.3 Å². The zero-order valence-electron chi connectivity index (χ0n) is 21.0. The van der Waals surface area contributed by atoms with E-state index < -0.39 is 5.92 Å². The van der Waals surface area contributed by atoms with Crippen molar-refractivity contribution in [3.63, 3.8) is 0 Å². The van der Waals surface area contributed by atoms with E-state index in [0.717, 1.165) is 37.2 Å². The Balaban J connectivity index is 1.41. The number of carbonyl (C=O) groups is 3. The van der Waals surface area contributed by atoms with Crippen LogP contribution in [0, 0.1) is 5.92 Å². The minimum absolute atomic E-state index is 0.0124. The highest BCUT2D eigenvalue weighted by Crippen LogP contribution is 2.40. The molecule has 3 saturated heterocycles. The average Bonchev–Trinajstić information content (AvgIpc) is 3.23. The Kier molecular flexibility index (Phi) is 8.62. The van der Waals surface area contributed by atoms with Gasteiger partial charge in [0.15, 0.2) is 0 Å². The number of hydrogen-bond donors (Lipinski definition) is 0. The van der Waals surface area contributed by atoms with E-state index in [2.05, 4.69) is 11.8 Å². The topological polar surface area (TPSA) is 82.6 Å². The SMILES string of the molecule is CCCCN1C(=O)CC(C(=O)N2CCN(C(=O)CN3CCOCC3)CC2)C1c1ccc(OC)cc1. The van der Waals surface area contributed by atoms with E-state index >= 15 is 0 Å². The Bertz CT molecular complexity index is 878. The lowest BCUT2D eigenvalue weighted by atomic mass is 9.92. The highest BCUT2D eigenvalue weighted by Gasteiger charge is 2.46. The fourth-order valence-electron chi connectivity index (χ4n) is 5.28. The highest BCUT2D eigenvalue weighted by atomic mass is 16.5. The van der Waals surface area contributed by atoms with Crippen LogP contribution in [-0.2, 0) is 19.1 Å². The van der Waals surface area contributed by atoms with Crippen molar-refractivity contribution in [2.45, 2.75) is 32.2 Å². The third kappa shape index (κ3) is 5.95. The van der Waals surface area contributed by atoms with E-state index in [1.807, 2.05) is 39.0 Å². The molecule has 192 valence electrons. The third-order valence-electron chi connectivity index (χ3n) is 7.37. The average molecular weight is 487 g/mol. The number of amides is 3. The molecule has 0 saturated carbocycles. The number of likely N-dealkylation sites (tertiary alicyclic amines) is 1. The molecule has 1 aromatic carbocycles. The van der Waals surface area contributed by atoms with Gasteiger partial charge in [0, 0.05) is 52.2 Å². The predicted octanol–water partition coefficient (Wildman–Crippen LogP) is 1.39. The quantitative estimate of drug-likeness (QED) is 0.552. The van der Waals surface area contributed by atoms with Crippen LogP contribution >= 0.6 is 0 Å². The van der Waals surface area contributed by atoms with E-state index in [1.165, 1.54) is 0 Å². The summed E-state index contributed by atoms with van der Waals surface area (Å²) >= 11 is 0. The maximum absolute atomic E-state index is 13.7. The van der Waals surface area contributed by atoms with Gasteiger partial charge in [0.1, 0.15) is 5.75 Å². The summed E-state index contributed by atoms with van der Waals surface area (Å²) in [5, 5.41) is 0. The largest absolute Gasteiger partial charge is 0.497 e. The van der Waals surface area contributed by atoms with Gasteiger partial charge >= 0.3 is 0 Å². The number of piperazine rings is 1. The molecule has 2 unspecified atom stereocenters. The smallest absolute Gasteiger partial charge is 0.236 e. The van der Waals surface area contributed by atoms with E-state index in [-0.39, 0.29) is 30.2 Å². The molecule has 3 amide bonds. The number of rotatable bonds is 8. The van der Waals surface area contributed by atoms with Crippen LogP contribution in [-0.4, -0.2) is 110 Å². The zero-order valence-corrected chi connectivity index (χ0v) is 21.0. The number of morpholine rings is 1. The van der Waals surface area contributed by atoms with Crippen LogP contribution in [0.1, 0.15) is 37.8 Å². The van der Waals surface area contributed by atoms with Gasteiger partial charge in [-0.05, 0) is 24.1 Å². The summed E-state index contributed by atoms with van der Waals surface area (Å²) in [6, 6.07) is 7.42. The lowest BCUT2D eigenvalue weighted by Crippen LogP contribution is -2.54. The summed E-state index contributed by atoms with van der Waals surface area (Å²) in [4.78, 5) is 47.1. The summed E-state index contributed by atoms with van der Waals surface area (Å²) in [5.74, 6) is 0.495. The van der Waals surface area contributed by atoms with Gasteiger partial charge in [-0.15, -0.1) is 0 Å². The molecular formula is C26H38N4O5. The van der Waals surface area contributed by atoms with Gasteiger partial charge in [0.25, 0.3) is 0 Å². The van der Waals surface area contributed by atoms with Crippen LogP contribution in [0.5, 0.6) is 5.75 Å². The standard InChI is InChI=1S/C26H38N4O5/c1-3-4-9-30-23(31)18-22(25(30)20-5-7-21(34-2)8-6-20)26(33)29-12-10-28(11-13-29)24(32)19-27-14-16-35-17-15-27/h5-8,22,25H,3-4,9-19H2,1-2H3. The third-order valence-corrected chi connectivity index (χ3v) is 7.37. The minimum atomic E-state index is -0.414. The number of unbranched alkanes of at least 4 members (excludes halogenated alkanes) is 1. The molecule has 0 radical (unpaired) electrons. The lowest BCUT2D eigenvalue weighted by Gasteiger charge is -2.38. The second-order valence-electron chi connectivity index (χ2n) is 9.56. The van der Waals surface area contributed by atoms with Crippen molar-refractivity contribution in [2.75, 3.05) is 72.7 Å². The van der Waals surface area contributed by atoms with Crippen LogP contribution in [0.3, 0.4) is 0 Å². The molecule has 35 heavy (non-hydrogen) atoms. The first kappa shape index (κ1) is 25.4. The summed E-state index contributed by atoms with van der Waals surface area (Å²) in [6.45, 7) is 8.12. The molecule has 2 atom stereocenters. The molecule has 0 aliphatic carbocycles. The predicted molar refractivity (Wildman–Crippen MR) is 131 cm³/mol. The molecule has 0 bridgehead atoms. The van der Waals surface area contributed by atoms with Crippen LogP contribution in [0.4, 0.5) is 0 Å². The molecule has 3 heterocycles. The van der Waals surface area contributed by atoms with Crippen molar-refractivity contribution >= 4 is 17.7 Å². The number of carbonyl (C=O) groups excluding carboxylic acids is 3. The molecule has 3 aliphatic rings. The Labute approximate surface area is 207 Å². The van der Waals surface area contributed by atoms with Gasteiger partial charge in [0.05, 0.1) is 38.8 Å². The number of hydrogen-bond acceptors (Lipinski definition) is 6. The summed E-state index contributed by atoms with van der Waals surface area (Å²) < 4.78 is 10.7. The van der Waals surface area contributed by atoms with Crippen LogP contribution in [0.25, 0.3) is 0 Å². The van der Waals surface area contributed by atoms with E-state index in [0.29, 0.717) is 52.5 Å². The molecule has 3 fully saturated rings. The first-order chi connectivity index (χ1) is 17.0. The van der Waals surface area contributed by atoms with Crippen LogP contribution < -0.4 is 4.74 Å². The van der Waals surface area contributed by atoms with Gasteiger partial charge in [0.2, 0.25) is 17.7 Å². The Morgan fingerprint density at radius 3 is 2.29 bits per heavy atom. The lowest BCUT2D eigenvalue weighted by molar-refractivity contribution is -0.143. The summed E-state index contributed by atoms with van der Waals surface area (Å²) in [6.07, 6.45) is 2.12. The molecule has 3 aliphatic heterocycles. The second-order valence-corrected chi connectivity index (χ2v) is 9.56. The second kappa shape index (κ2) is 11.9. The maximum atomic E-state index is 13.7. The van der Waals surface area contributed by atoms with Crippen molar-refractivity contribution in [1.82, 2.24) is 19.6 Å². The zero-order chi connectivity index (χ0) is 24.8. The molecule has 9 nitrogen and oxygen atoms in total. The van der Waals surface area contributed by atoms with E-state index in [1.54, 1.807) is 7.11 Å². The van der Waals surface area contributed by atoms with Gasteiger partial charge in [-0.25, -0.2) is 0 Å². The first-order valence-corrected chi connectivity index (χ1v) is 12.8. The van der Waals surface area contributed by atoms with Crippen molar-refractivity contribution in [1.29, 1.82) is 0 Å². The Morgan fingerprint density at radius 2 is 1.66 bits per heavy atom. The number of methoxy groups -OCH3 is 1. The number of nitrogens with zero attached hydrogens (tertiary/aromatic N) is 4.